The lowest BCUT2D eigenvalue weighted by Gasteiger charge is -2.38. The lowest BCUT2D eigenvalue weighted by molar-refractivity contribution is -0.122. The van der Waals surface area contributed by atoms with Crippen LogP contribution in [0.2, 0.25) is 0 Å². The molecule has 0 radical (unpaired) electrons. The van der Waals surface area contributed by atoms with Crippen LogP contribution in [0.5, 0.6) is 0 Å². The summed E-state index contributed by atoms with van der Waals surface area (Å²) in [4.78, 5) is 16.2. The highest BCUT2D eigenvalue weighted by Crippen LogP contribution is 2.34. The summed E-state index contributed by atoms with van der Waals surface area (Å²) in [5, 5.41) is 13.4. The highest BCUT2D eigenvalue weighted by Gasteiger charge is 2.36. The Kier molecular flexibility index (Phi) is 4.76. The number of carbonyl (C=O) groups is 1. The Hall–Kier alpha value is -1.43. The molecule has 2 aliphatic rings. The van der Waals surface area contributed by atoms with Gasteiger partial charge in [-0.1, -0.05) is 24.3 Å². The number of likely N-dealkylation sites (N-methyl/N-ethyl adjacent to an activating group) is 1. The molecule has 1 heterocycles. The second-order valence-corrected chi connectivity index (χ2v) is 6.18. The number of aliphatic hydroxyl groups excluding tert-OH is 1. The predicted molar refractivity (Wildman–Crippen MR) is 85.6 cm³/mol. The van der Waals surface area contributed by atoms with Gasteiger partial charge in [0.2, 0.25) is 5.91 Å². The minimum atomic E-state index is -0.383. The summed E-state index contributed by atoms with van der Waals surface area (Å²) in [6, 6.07) is 8.37. The zero-order valence-corrected chi connectivity index (χ0v) is 13.2. The Balaban J connectivity index is 1.54. The van der Waals surface area contributed by atoms with E-state index in [2.05, 4.69) is 21.2 Å². The third-order valence-electron chi connectivity index (χ3n) is 4.78. The number of carbonyl (C=O) groups excluding carboxylic acids is 1. The molecule has 0 saturated carbocycles. The number of nitrogens with one attached hydrogen (secondary N) is 1. The lowest BCUT2D eigenvalue weighted by atomic mass is 10.1. The number of hydrogen-bond donors (Lipinski definition) is 2. The van der Waals surface area contributed by atoms with E-state index in [0.29, 0.717) is 13.1 Å². The Bertz CT molecular complexity index is 526. The number of rotatable bonds is 4. The second-order valence-electron chi connectivity index (χ2n) is 6.18. The monoisotopic (exact) mass is 303 g/mol. The van der Waals surface area contributed by atoms with E-state index in [1.807, 2.05) is 25.1 Å². The van der Waals surface area contributed by atoms with Gasteiger partial charge in [-0.3, -0.25) is 14.6 Å². The van der Waals surface area contributed by atoms with Gasteiger partial charge in [0.1, 0.15) is 0 Å². The maximum Gasteiger partial charge on any atom is 0.234 e. The molecule has 0 spiro atoms. The van der Waals surface area contributed by atoms with Crippen molar-refractivity contribution in [2.75, 3.05) is 39.3 Å². The molecule has 1 fully saturated rings. The fourth-order valence-corrected chi connectivity index (χ4v) is 3.59. The van der Waals surface area contributed by atoms with Crippen molar-refractivity contribution in [3.05, 3.63) is 35.4 Å². The lowest BCUT2D eigenvalue weighted by Crippen LogP contribution is -2.53. The molecule has 0 bridgehead atoms. The Morgan fingerprint density at radius 3 is 2.68 bits per heavy atom. The van der Waals surface area contributed by atoms with Crippen LogP contribution >= 0.6 is 0 Å². The van der Waals surface area contributed by atoms with E-state index in [1.54, 1.807) is 0 Å². The summed E-state index contributed by atoms with van der Waals surface area (Å²) in [5.74, 6) is 0.101. The number of aliphatic hydroxyl groups is 1. The standard InChI is InChI=1S/C17H25N3O2/c1-2-18-16(21)12-19-7-9-20(10-8-19)15-11-13-5-3-4-6-14(13)17(15)22/h3-6,15,17,22H,2,7-12H2,1H3,(H,18,21). The topological polar surface area (TPSA) is 55.8 Å². The van der Waals surface area contributed by atoms with Gasteiger partial charge in [0.15, 0.2) is 0 Å². The number of benzene rings is 1. The molecule has 1 aliphatic carbocycles. The van der Waals surface area contributed by atoms with Crippen LogP contribution in [0.1, 0.15) is 24.2 Å². The normalized spacial score (nSPS) is 25.9. The number of nitrogens with zero attached hydrogens (tertiary/aromatic N) is 2. The molecular formula is C17H25N3O2. The number of amides is 1. The minimum Gasteiger partial charge on any atom is -0.387 e. The molecule has 1 amide bonds. The van der Waals surface area contributed by atoms with Crippen LogP contribution in [-0.2, 0) is 11.2 Å². The number of hydrogen-bond acceptors (Lipinski definition) is 4. The van der Waals surface area contributed by atoms with Gasteiger partial charge < -0.3 is 10.4 Å². The molecule has 0 aromatic heterocycles. The van der Waals surface area contributed by atoms with Crippen LogP contribution in [0.4, 0.5) is 0 Å². The quantitative estimate of drug-likeness (QED) is 0.845. The van der Waals surface area contributed by atoms with Gasteiger partial charge in [-0.25, -0.2) is 0 Å². The molecule has 22 heavy (non-hydrogen) atoms. The first kappa shape index (κ1) is 15.5. The van der Waals surface area contributed by atoms with Crippen molar-refractivity contribution in [2.24, 2.45) is 0 Å². The molecule has 5 heteroatoms. The van der Waals surface area contributed by atoms with Gasteiger partial charge in [0, 0.05) is 38.8 Å². The van der Waals surface area contributed by atoms with Crippen molar-refractivity contribution in [3.63, 3.8) is 0 Å². The summed E-state index contributed by atoms with van der Waals surface area (Å²) >= 11 is 0. The van der Waals surface area contributed by atoms with Gasteiger partial charge in [-0.05, 0) is 24.5 Å². The van der Waals surface area contributed by atoms with Crippen LogP contribution in [0.15, 0.2) is 24.3 Å². The fraction of sp³-hybridized carbons (Fsp3) is 0.588. The molecule has 5 nitrogen and oxygen atoms in total. The van der Waals surface area contributed by atoms with E-state index in [-0.39, 0.29) is 18.1 Å². The number of piperazine rings is 1. The first-order chi connectivity index (χ1) is 10.7. The third kappa shape index (κ3) is 3.16. The van der Waals surface area contributed by atoms with Crippen LogP contribution < -0.4 is 5.32 Å². The van der Waals surface area contributed by atoms with E-state index in [1.165, 1.54) is 5.56 Å². The molecule has 2 atom stereocenters. The molecule has 2 N–H and O–H groups in total. The van der Waals surface area contributed by atoms with Crippen molar-refractivity contribution in [3.8, 4) is 0 Å². The van der Waals surface area contributed by atoms with Crippen LogP contribution in [0.25, 0.3) is 0 Å². The van der Waals surface area contributed by atoms with E-state index in [0.717, 1.165) is 38.2 Å². The van der Waals surface area contributed by atoms with Crippen LogP contribution in [0.3, 0.4) is 0 Å². The fourth-order valence-electron chi connectivity index (χ4n) is 3.59. The van der Waals surface area contributed by atoms with E-state index < -0.39 is 0 Å². The highest BCUT2D eigenvalue weighted by atomic mass is 16.3. The average Bonchev–Trinajstić information content (AvgIpc) is 2.86. The molecule has 3 rings (SSSR count). The van der Waals surface area contributed by atoms with Crippen LogP contribution in [-0.4, -0.2) is 66.1 Å². The molecule has 1 aromatic carbocycles. The van der Waals surface area contributed by atoms with Gasteiger partial charge in [-0.2, -0.15) is 0 Å². The van der Waals surface area contributed by atoms with Gasteiger partial charge >= 0.3 is 0 Å². The van der Waals surface area contributed by atoms with Gasteiger partial charge in [-0.15, -0.1) is 0 Å². The summed E-state index contributed by atoms with van der Waals surface area (Å²) in [6.45, 7) is 6.70. The molecule has 1 aromatic rings. The van der Waals surface area contributed by atoms with E-state index >= 15 is 0 Å². The molecule has 1 aliphatic heterocycles. The van der Waals surface area contributed by atoms with E-state index in [9.17, 15) is 9.90 Å². The SMILES string of the molecule is CCNC(=O)CN1CCN(C2Cc3ccccc3C2O)CC1. The molecule has 2 unspecified atom stereocenters. The molecule has 1 saturated heterocycles. The van der Waals surface area contributed by atoms with Crippen molar-refractivity contribution in [2.45, 2.75) is 25.5 Å². The highest BCUT2D eigenvalue weighted by molar-refractivity contribution is 5.77. The molecule has 120 valence electrons. The third-order valence-corrected chi connectivity index (χ3v) is 4.78. The Labute approximate surface area is 131 Å². The molecular weight excluding hydrogens is 278 g/mol. The van der Waals surface area contributed by atoms with Crippen LogP contribution in [0, 0.1) is 0 Å². The smallest absolute Gasteiger partial charge is 0.234 e. The summed E-state index contributed by atoms with van der Waals surface area (Å²) in [5.41, 5.74) is 2.35. The average molecular weight is 303 g/mol. The van der Waals surface area contributed by atoms with Crippen molar-refractivity contribution in [1.29, 1.82) is 0 Å². The predicted octanol–water partition coefficient (Wildman–Crippen LogP) is 0.398. The first-order valence-electron chi connectivity index (χ1n) is 8.18. The summed E-state index contributed by atoms with van der Waals surface area (Å²) < 4.78 is 0. The van der Waals surface area contributed by atoms with Crippen molar-refractivity contribution in [1.82, 2.24) is 15.1 Å². The van der Waals surface area contributed by atoms with Gasteiger partial charge in [0.05, 0.1) is 12.6 Å². The summed E-state index contributed by atoms with van der Waals surface area (Å²) in [7, 11) is 0. The maximum absolute atomic E-state index is 11.6. The zero-order valence-electron chi connectivity index (χ0n) is 13.2. The minimum absolute atomic E-state index is 0.101. The second kappa shape index (κ2) is 6.77. The largest absolute Gasteiger partial charge is 0.387 e. The van der Waals surface area contributed by atoms with E-state index in [4.69, 9.17) is 0 Å². The Morgan fingerprint density at radius 1 is 1.27 bits per heavy atom. The first-order valence-corrected chi connectivity index (χ1v) is 8.18. The van der Waals surface area contributed by atoms with Gasteiger partial charge in [0.25, 0.3) is 0 Å². The van der Waals surface area contributed by atoms with Crippen molar-refractivity contribution >= 4 is 5.91 Å². The zero-order chi connectivity index (χ0) is 15.5. The summed E-state index contributed by atoms with van der Waals surface area (Å²) in [6.07, 6.45) is 0.541. The Morgan fingerprint density at radius 2 is 2.00 bits per heavy atom. The number of fused-ring (bicyclic) bond motifs is 1. The maximum atomic E-state index is 11.6. The van der Waals surface area contributed by atoms with Crippen molar-refractivity contribution < 1.29 is 9.90 Å².